The quantitative estimate of drug-likeness (QED) is 0.481. The van der Waals surface area contributed by atoms with Gasteiger partial charge in [-0.15, -0.1) is 0 Å². The molecule has 0 saturated heterocycles. The number of hydrogen-bond donors (Lipinski definition) is 0. The second-order valence-electron chi connectivity index (χ2n) is 3.30. The molecule has 0 aliphatic rings. The first kappa shape index (κ1) is 11.9. The molecule has 0 atom stereocenters. The Hall–Kier alpha value is -1.12. The molecule has 0 N–H and O–H groups in total. The van der Waals surface area contributed by atoms with Crippen LogP contribution in [0.25, 0.3) is 0 Å². The van der Waals surface area contributed by atoms with Gasteiger partial charge in [0.15, 0.2) is 0 Å². The van der Waals surface area contributed by atoms with Crippen molar-refractivity contribution in [2.45, 2.75) is 20.8 Å². The summed E-state index contributed by atoms with van der Waals surface area (Å²) in [6.45, 7) is 6.09. The Morgan fingerprint density at radius 3 is 2.31 bits per heavy atom. The van der Waals surface area contributed by atoms with Crippen LogP contribution in [-0.4, -0.2) is 31.6 Å². The highest BCUT2D eigenvalue weighted by molar-refractivity contribution is 5.80. The molecule has 3 nitrogen and oxygen atoms in total. The molecule has 0 spiro atoms. The summed E-state index contributed by atoms with van der Waals surface area (Å²) >= 11 is 0. The molecule has 0 saturated carbocycles. The van der Waals surface area contributed by atoms with Gasteiger partial charge < -0.3 is 4.90 Å². The molecule has 0 unspecified atom stereocenters. The summed E-state index contributed by atoms with van der Waals surface area (Å²) < 4.78 is 0. The van der Waals surface area contributed by atoms with Crippen molar-refractivity contribution < 1.29 is 4.79 Å². The molecular formula is C10H18N2O. The molecular weight excluding hydrogens is 164 g/mol. The van der Waals surface area contributed by atoms with E-state index in [9.17, 15) is 4.79 Å². The first-order valence-electron chi connectivity index (χ1n) is 4.35. The Kier molecular flexibility index (Phi) is 5.04. The van der Waals surface area contributed by atoms with Crippen molar-refractivity contribution in [2.75, 3.05) is 14.1 Å². The van der Waals surface area contributed by atoms with Gasteiger partial charge >= 0.3 is 0 Å². The molecule has 0 radical (unpaired) electrons. The zero-order valence-electron chi connectivity index (χ0n) is 9.03. The van der Waals surface area contributed by atoms with E-state index in [1.807, 2.05) is 6.92 Å². The van der Waals surface area contributed by atoms with E-state index in [1.54, 1.807) is 25.2 Å². The van der Waals surface area contributed by atoms with Gasteiger partial charge in [0, 0.05) is 26.0 Å². The predicted molar refractivity (Wildman–Crippen MR) is 55.8 cm³/mol. The molecule has 0 rings (SSSR count). The van der Waals surface area contributed by atoms with Crippen LogP contribution in [0.2, 0.25) is 0 Å². The lowest BCUT2D eigenvalue weighted by molar-refractivity contribution is -0.115. The maximum atomic E-state index is 10.5. The standard InChI is InChI=1S/C10H18N2O/c1-8(2)10(6-11-4)9(3)12(5)7-13/h6-8H,1-5H3/b10-9+,11-6?. The molecule has 0 aromatic heterocycles. The highest BCUT2D eigenvalue weighted by atomic mass is 16.1. The maximum Gasteiger partial charge on any atom is 0.213 e. The third kappa shape index (κ3) is 3.40. The summed E-state index contributed by atoms with van der Waals surface area (Å²) in [5, 5.41) is 0. The van der Waals surface area contributed by atoms with E-state index in [0.29, 0.717) is 5.92 Å². The smallest absolute Gasteiger partial charge is 0.213 e. The fourth-order valence-electron chi connectivity index (χ4n) is 1.08. The number of aliphatic imine (C=N–C) groups is 1. The third-order valence-corrected chi connectivity index (χ3v) is 2.00. The zero-order valence-corrected chi connectivity index (χ0v) is 9.03. The van der Waals surface area contributed by atoms with Crippen LogP contribution in [0, 0.1) is 5.92 Å². The zero-order chi connectivity index (χ0) is 10.4. The summed E-state index contributed by atoms with van der Waals surface area (Å²) in [6, 6.07) is 0. The van der Waals surface area contributed by atoms with E-state index < -0.39 is 0 Å². The Bertz CT molecular complexity index is 229. The van der Waals surface area contributed by atoms with E-state index in [4.69, 9.17) is 0 Å². The minimum Gasteiger partial charge on any atom is -0.322 e. The van der Waals surface area contributed by atoms with Crippen LogP contribution in [0.3, 0.4) is 0 Å². The average molecular weight is 182 g/mol. The van der Waals surface area contributed by atoms with Gasteiger partial charge in [0.25, 0.3) is 0 Å². The molecule has 0 heterocycles. The van der Waals surface area contributed by atoms with Crippen LogP contribution in [0.5, 0.6) is 0 Å². The molecule has 3 heteroatoms. The lowest BCUT2D eigenvalue weighted by Gasteiger charge is -2.17. The Labute approximate surface area is 80.2 Å². The lowest BCUT2D eigenvalue weighted by Crippen LogP contribution is -2.17. The van der Waals surface area contributed by atoms with Crippen molar-refractivity contribution in [1.82, 2.24) is 4.90 Å². The molecule has 74 valence electrons. The van der Waals surface area contributed by atoms with E-state index in [1.165, 1.54) is 0 Å². The molecule has 0 fully saturated rings. The van der Waals surface area contributed by atoms with E-state index in [-0.39, 0.29) is 0 Å². The van der Waals surface area contributed by atoms with Gasteiger partial charge in [-0.2, -0.15) is 0 Å². The molecule has 1 amide bonds. The number of nitrogens with zero attached hydrogens (tertiary/aromatic N) is 2. The van der Waals surface area contributed by atoms with Gasteiger partial charge in [-0.25, -0.2) is 0 Å². The first-order chi connectivity index (χ1) is 6.04. The van der Waals surface area contributed by atoms with Crippen molar-refractivity contribution >= 4 is 12.6 Å². The van der Waals surface area contributed by atoms with E-state index >= 15 is 0 Å². The third-order valence-electron chi connectivity index (χ3n) is 2.00. The number of carbonyl (C=O) groups excluding carboxylic acids is 1. The van der Waals surface area contributed by atoms with Crippen LogP contribution < -0.4 is 0 Å². The number of carbonyl (C=O) groups is 1. The number of rotatable bonds is 4. The van der Waals surface area contributed by atoms with Crippen LogP contribution in [0.1, 0.15) is 20.8 Å². The summed E-state index contributed by atoms with van der Waals surface area (Å²) in [7, 11) is 3.48. The number of allylic oxidation sites excluding steroid dienone is 2. The maximum absolute atomic E-state index is 10.5. The van der Waals surface area contributed by atoms with Crippen molar-refractivity contribution in [3.63, 3.8) is 0 Å². The van der Waals surface area contributed by atoms with Gasteiger partial charge in [0.2, 0.25) is 6.41 Å². The average Bonchev–Trinajstić information content (AvgIpc) is 2.11. The van der Waals surface area contributed by atoms with Crippen LogP contribution in [-0.2, 0) is 4.79 Å². The van der Waals surface area contributed by atoms with Crippen molar-refractivity contribution in [3.8, 4) is 0 Å². The second-order valence-corrected chi connectivity index (χ2v) is 3.30. The van der Waals surface area contributed by atoms with Gasteiger partial charge in [0.1, 0.15) is 0 Å². The van der Waals surface area contributed by atoms with Gasteiger partial charge in [0.05, 0.1) is 0 Å². The second kappa shape index (κ2) is 5.51. The van der Waals surface area contributed by atoms with Crippen molar-refractivity contribution in [1.29, 1.82) is 0 Å². The predicted octanol–water partition coefficient (Wildman–Crippen LogP) is 1.71. The van der Waals surface area contributed by atoms with Crippen LogP contribution >= 0.6 is 0 Å². The number of hydrogen-bond acceptors (Lipinski definition) is 2. The molecule has 0 aliphatic carbocycles. The molecule has 0 aromatic carbocycles. The summed E-state index contributed by atoms with van der Waals surface area (Å²) in [4.78, 5) is 16.1. The molecule has 13 heavy (non-hydrogen) atoms. The van der Waals surface area contributed by atoms with Gasteiger partial charge in [-0.3, -0.25) is 9.79 Å². The van der Waals surface area contributed by atoms with E-state index in [0.717, 1.165) is 17.7 Å². The van der Waals surface area contributed by atoms with Gasteiger partial charge in [-0.05, 0) is 18.4 Å². The summed E-state index contributed by atoms with van der Waals surface area (Å²) in [5.74, 6) is 0.381. The fraction of sp³-hybridized carbons (Fsp3) is 0.600. The molecule has 0 aliphatic heterocycles. The van der Waals surface area contributed by atoms with Crippen LogP contribution in [0.4, 0.5) is 0 Å². The van der Waals surface area contributed by atoms with Crippen molar-refractivity contribution in [3.05, 3.63) is 11.3 Å². The number of amides is 1. The van der Waals surface area contributed by atoms with Crippen LogP contribution in [0.15, 0.2) is 16.3 Å². The Balaban J connectivity index is 4.95. The topological polar surface area (TPSA) is 32.7 Å². The SMILES string of the molecule is CN=C/C(=C(/C)N(C)C=O)C(C)C. The largest absolute Gasteiger partial charge is 0.322 e. The normalized spacial score (nSPS) is 13.4. The highest BCUT2D eigenvalue weighted by Gasteiger charge is 2.07. The van der Waals surface area contributed by atoms with E-state index in [2.05, 4.69) is 18.8 Å². The molecule has 0 bridgehead atoms. The van der Waals surface area contributed by atoms with Crippen molar-refractivity contribution in [2.24, 2.45) is 10.9 Å². The summed E-state index contributed by atoms with van der Waals surface area (Å²) in [6.07, 6.45) is 2.61. The minimum absolute atomic E-state index is 0.381. The highest BCUT2D eigenvalue weighted by Crippen LogP contribution is 2.14. The van der Waals surface area contributed by atoms with Gasteiger partial charge in [-0.1, -0.05) is 13.8 Å². The minimum atomic E-state index is 0.381. The summed E-state index contributed by atoms with van der Waals surface area (Å²) in [5.41, 5.74) is 2.05. The Morgan fingerprint density at radius 1 is 1.46 bits per heavy atom. The fourth-order valence-corrected chi connectivity index (χ4v) is 1.08. The molecule has 0 aromatic rings. The Morgan fingerprint density at radius 2 is 2.00 bits per heavy atom. The monoisotopic (exact) mass is 182 g/mol. The first-order valence-corrected chi connectivity index (χ1v) is 4.35. The lowest BCUT2D eigenvalue weighted by atomic mass is 10.0.